The quantitative estimate of drug-likeness (QED) is 0.794. The summed E-state index contributed by atoms with van der Waals surface area (Å²) in [6.45, 7) is 3.53. The van der Waals surface area contributed by atoms with Crippen molar-refractivity contribution in [2.45, 2.75) is 13.5 Å². The fourth-order valence-electron chi connectivity index (χ4n) is 1.87. The summed E-state index contributed by atoms with van der Waals surface area (Å²) in [6.07, 6.45) is 0. The smallest absolute Gasteiger partial charge is 0.335 e. The minimum Gasteiger partial charge on any atom is -0.491 e. The molecule has 2 rings (SSSR count). The van der Waals surface area contributed by atoms with E-state index in [0.29, 0.717) is 25.6 Å². The number of carboxylic acids is 1. The number of ether oxygens (including phenoxy) is 2. The molecule has 0 heterocycles. The highest BCUT2D eigenvalue weighted by atomic mass is 16.5. The van der Waals surface area contributed by atoms with Crippen LogP contribution >= 0.6 is 0 Å². The highest BCUT2D eigenvalue weighted by molar-refractivity contribution is 5.87. The van der Waals surface area contributed by atoms with Crippen LogP contribution < -0.4 is 4.74 Å². The molecule has 2 aromatic carbocycles. The Bertz CT molecular complexity index is 590. The highest BCUT2D eigenvalue weighted by Gasteiger charge is 2.02. The number of carboxylic acid groups (broad SMARTS) is 1. The first kappa shape index (κ1) is 15.1. The van der Waals surface area contributed by atoms with E-state index in [0.717, 1.165) is 0 Å². The van der Waals surface area contributed by atoms with Gasteiger partial charge in [0.2, 0.25) is 0 Å². The fraction of sp³-hybridized carbons (Fsp3) is 0.235. The largest absolute Gasteiger partial charge is 0.491 e. The Kier molecular flexibility index (Phi) is 5.35. The van der Waals surface area contributed by atoms with Gasteiger partial charge in [-0.15, -0.1) is 0 Å². The zero-order valence-corrected chi connectivity index (χ0v) is 11.9. The maximum atomic E-state index is 10.7. The van der Waals surface area contributed by atoms with Crippen molar-refractivity contribution < 1.29 is 19.4 Å². The third kappa shape index (κ3) is 4.61. The lowest BCUT2D eigenvalue weighted by Gasteiger charge is -2.09. The summed E-state index contributed by atoms with van der Waals surface area (Å²) in [5.74, 6) is -0.303. The summed E-state index contributed by atoms with van der Waals surface area (Å²) in [5.41, 5.74) is 2.63. The van der Waals surface area contributed by atoms with Crippen LogP contribution in [0.1, 0.15) is 21.5 Å². The second kappa shape index (κ2) is 7.45. The van der Waals surface area contributed by atoms with Gasteiger partial charge in [-0.05, 0) is 42.3 Å². The van der Waals surface area contributed by atoms with Gasteiger partial charge in [-0.2, -0.15) is 0 Å². The molecule has 0 amide bonds. The molecule has 0 aromatic heterocycles. The van der Waals surface area contributed by atoms with Crippen LogP contribution in [-0.2, 0) is 11.3 Å². The van der Waals surface area contributed by atoms with Crippen molar-refractivity contribution in [1.29, 1.82) is 0 Å². The summed E-state index contributed by atoms with van der Waals surface area (Å²) in [5, 5.41) is 8.79. The van der Waals surface area contributed by atoms with Crippen LogP contribution in [0.4, 0.5) is 0 Å². The summed E-state index contributed by atoms with van der Waals surface area (Å²) in [6, 6.07) is 14.4. The van der Waals surface area contributed by atoms with Crippen molar-refractivity contribution in [3.8, 4) is 5.75 Å². The Morgan fingerprint density at radius 2 is 1.76 bits per heavy atom. The van der Waals surface area contributed by atoms with Crippen LogP contribution in [0.25, 0.3) is 0 Å². The van der Waals surface area contributed by atoms with Gasteiger partial charge >= 0.3 is 5.97 Å². The molecule has 0 saturated carbocycles. The zero-order valence-electron chi connectivity index (χ0n) is 11.9. The Labute approximate surface area is 123 Å². The average molecular weight is 286 g/mol. The second-order valence-corrected chi connectivity index (χ2v) is 4.66. The van der Waals surface area contributed by atoms with Crippen molar-refractivity contribution in [2.75, 3.05) is 13.2 Å². The van der Waals surface area contributed by atoms with E-state index in [2.05, 4.69) is 13.0 Å². The molecule has 110 valence electrons. The first-order chi connectivity index (χ1) is 10.2. The topological polar surface area (TPSA) is 55.8 Å². The monoisotopic (exact) mass is 286 g/mol. The molecule has 0 fully saturated rings. The second-order valence-electron chi connectivity index (χ2n) is 4.66. The van der Waals surface area contributed by atoms with Gasteiger partial charge in [-0.3, -0.25) is 0 Å². The first-order valence-corrected chi connectivity index (χ1v) is 6.75. The molecule has 0 atom stereocenters. The van der Waals surface area contributed by atoms with Crippen LogP contribution in [0.2, 0.25) is 0 Å². The number of hydrogen-bond acceptors (Lipinski definition) is 3. The lowest BCUT2D eigenvalue weighted by molar-refractivity contribution is 0.0696. The minimum absolute atomic E-state index is 0.248. The molecular weight excluding hydrogens is 268 g/mol. The van der Waals surface area contributed by atoms with Crippen molar-refractivity contribution in [3.63, 3.8) is 0 Å². The molecule has 21 heavy (non-hydrogen) atoms. The predicted octanol–water partition coefficient (Wildman–Crippen LogP) is 3.29. The van der Waals surface area contributed by atoms with E-state index in [1.807, 2.05) is 18.2 Å². The van der Waals surface area contributed by atoms with E-state index in [1.54, 1.807) is 12.1 Å². The van der Waals surface area contributed by atoms with Crippen molar-refractivity contribution in [3.05, 3.63) is 65.2 Å². The maximum absolute atomic E-state index is 10.7. The van der Waals surface area contributed by atoms with E-state index < -0.39 is 5.97 Å². The lowest BCUT2D eigenvalue weighted by atomic mass is 10.1. The third-order valence-corrected chi connectivity index (χ3v) is 3.12. The Morgan fingerprint density at radius 3 is 2.43 bits per heavy atom. The molecule has 0 bridgehead atoms. The van der Waals surface area contributed by atoms with Crippen LogP contribution in [-0.4, -0.2) is 24.3 Å². The summed E-state index contributed by atoms with van der Waals surface area (Å²) >= 11 is 0. The van der Waals surface area contributed by atoms with Crippen LogP contribution in [0.5, 0.6) is 5.75 Å². The van der Waals surface area contributed by atoms with Gasteiger partial charge in [0.25, 0.3) is 0 Å². The van der Waals surface area contributed by atoms with E-state index in [4.69, 9.17) is 14.6 Å². The number of hydrogen-bond donors (Lipinski definition) is 1. The molecule has 4 nitrogen and oxygen atoms in total. The number of aromatic carboxylic acids is 1. The van der Waals surface area contributed by atoms with Gasteiger partial charge in [0.05, 0.1) is 18.8 Å². The van der Waals surface area contributed by atoms with Crippen LogP contribution in [0, 0.1) is 6.92 Å². The van der Waals surface area contributed by atoms with Gasteiger partial charge in [0.1, 0.15) is 12.4 Å². The number of carbonyl (C=O) groups is 1. The molecular formula is C17H18O4. The molecule has 0 aliphatic rings. The third-order valence-electron chi connectivity index (χ3n) is 3.12. The molecule has 2 aromatic rings. The Balaban J connectivity index is 1.70. The molecule has 0 saturated heterocycles. The first-order valence-electron chi connectivity index (χ1n) is 6.75. The lowest BCUT2D eigenvalue weighted by Crippen LogP contribution is -2.07. The Hall–Kier alpha value is -2.33. The number of rotatable bonds is 7. The van der Waals surface area contributed by atoms with Crippen molar-refractivity contribution in [1.82, 2.24) is 0 Å². The Morgan fingerprint density at radius 1 is 1.05 bits per heavy atom. The van der Waals surface area contributed by atoms with E-state index in [1.165, 1.54) is 23.3 Å². The van der Waals surface area contributed by atoms with E-state index in [9.17, 15) is 4.79 Å². The molecule has 0 aliphatic heterocycles. The minimum atomic E-state index is -0.942. The van der Waals surface area contributed by atoms with Gasteiger partial charge in [-0.1, -0.05) is 24.3 Å². The number of aryl methyl sites for hydroxylation is 1. The molecule has 4 heteroatoms. The summed E-state index contributed by atoms with van der Waals surface area (Å²) in [7, 11) is 0. The van der Waals surface area contributed by atoms with Crippen molar-refractivity contribution >= 4 is 5.97 Å². The molecule has 0 radical (unpaired) electrons. The summed E-state index contributed by atoms with van der Waals surface area (Å²) < 4.78 is 11.1. The summed E-state index contributed by atoms with van der Waals surface area (Å²) in [4.78, 5) is 10.7. The van der Waals surface area contributed by atoms with Gasteiger partial charge in [0.15, 0.2) is 0 Å². The normalized spacial score (nSPS) is 10.3. The van der Waals surface area contributed by atoms with Gasteiger partial charge < -0.3 is 14.6 Å². The molecule has 0 aliphatic carbocycles. The van der Waals surface area contributed by atoms with Crippen LogP contribution in [0.15, 0.2) is 48.5 Å². The zero-order chi connectivity index (χ0) is 15.1. The SMILES string of the molecule is Cc1ccccc1COCCOc1ccc(C(=O)O)cc1. The number of benzene rings is 2. The molecule has 1 N–H and O–H groups in total. The van der Waals surface area contributed by atoms with Gasteiger partial charge in [0, 0.05) is 0 Å². The molecule has 0 unspecified atom stereocenters. The van der Waals surface area contributed by atoms with Gasteiger partial charge in [-0.25, -0.2) is 4.79 Å². The maximum Gasteiger partial charge on any atom is 0.335 e. The average Bonchev–Trinajstić information content (AvgIpc) is 2.49. The standard InChI is InChI=1S/C17H18O4/c1-13-4-2-3-5-15(13)12-20-10-11-21-16-8-6-14(7-9-16)17(18)19/h2-9H,10-12H2,1H3,(H,18,19). The molecule has 0 spiro atoms. The predicted molar refractivity (Wildman–Crippen MR) is 79.7 cm³/mol. The van der Waals surface area contributed by atoms with Crippen molar-refractivity contribution in [2.24, 2.45) is 0 Å². The fourth-order valence-corrected chi connectivity index (χ4v) is 1.87. The van der Waals surface area contributed by atoms with E-state index in [-0.39, 0.29) is 5.56 Å². The van der Waals surface area contributed by atoms with Crippen LogP contribution in [0.3, 0.4) is 0 Å². The highest BCUT2D eigenvalue weighted by Crippen LogP contribution is 2.12. The van der Waals surface area contributed by atoms with E-state index >= 15 is 0 Å².